The van der Waals surface area contributed by atoms with E-state index in [2.05, 4.69) is 15.6 Å². The quantitative estimate of drug-likeness (QED) is 0.841. The van der Waals surface area contributed by atoms with Crippen LogP contribution in [0, 0.1) is 0 Å². The van der Waals surface area contributed by atoms with Crippen molar-refractivity contribution in [3.8, 4) is 0 Å². The van der Waals surface area contributed by atoms with E-state index in [-0.39, 0.29) is 30.9 Å². The van der Waals surface area contributed by atoms with Gasteiger partial charge in [-0.3, -0.25) is 14.6 Å². The lowest BCUT2D eigenvalue weighted by Crippen LogP contribution is -2.29. The lowest BCUT2D eigenvalue weighted by molar-refractivity contribution is -0.137. The van der Waals surface area contributed by atoms with E-state index in [9.17, 15) is 22.8 Å². The van der Waals surface area contributed by atoms with Crippen molar-refractivity contribution in [2.75, 3.05) is 11.9 Å². The zero-order valence-corrected chi connectivity index (χ0v) is 13.1. The van der Waals surface area contributed by atoms with Crippen molar-refractivity contribution in [3.63, 3.8) is 0 Å². The molecule has 5 nitrogen and oxygen atoms in total. The smallest absolute Gasteiger partial charge is 0.355 e. The van der Waals surface area contributed by atoms with Crippen LogP contribution in [0.25, 0.3) is 0 Å². The first-order chi connectivity index (χ1) is 11.8. The molecule has 0 bridgehead atoms. The van der Waals surface area contributed by atoms with E-state index in [1.54, 1.807) is 18.3 Å². The lowest BCUT2D eigenvalue weighted by Gasteiger charge is -2.09. The van der Waals surface area contributed by atoms with Gasteiger partial charge in [0.05, 0.1) is 23.9 Å². The number of nitrogens with one attached hydrogen (secondary N) is 2. The summed E-state index contributed by atoms with van der Waals surface area (Å²) in [5, 5.41) is 5.12. The van der Waals surface area contributed by atoms with Crippen LogP contribution in [-0.4, -0.2) is 23.3 Å². The van der Waals surface area contributed by atoms with Gasteiger partial charge in [-0.15, -0.1) is 0 Å². The zero-order chi connectivity index (χ0) is 18.3. The molecule has 0 atom stereocenters. The molecule has 0 unspecified atom stereocenters. The monoisotopic (exact) mass is 351 g/mol. The van der Waals surface area contributed by atoms with Gasteiger partial charge in [0.15, 0.2) is 0 Å². The second-order valence-corrected chi connectivity index (χ2v) is 5.26. The highest BCUT2D eigenvalue weighted by molar-refractivity contribution is 5.91. The van der Waals surface area contributed by atoms with Crippen LogP contribution in [0.3, 0.4) is 0 Å². The highest BCUT2D eigenvalue weighted by Gasteiger charge is 2.30. The molecular weight excluding hydrogens is 335 g/mol. The van der Waals surface area contributed by atoms with E-state index in [4.69, 9.17) is 0 Å². The molecule has 1 aromatic heterocycles. The maximum atomic E-state index is 12.6. The van der Waals surface area contributed by atoms with Crippen molar-refractivity contribution in [1.82, 2.24) is 10.3 Å². The third-order valence-electron chi connectivity index (χ3n) is 3.24. The summed E-state index contributed by atoms with van der Waals surface area (Å²) in [6.45, 7) is 0.0872. The molecule has 2 rings (SSSR count). The minimum Gasteiger partial charge on any atom is -0.355 e. The molecular formula is C17H16F3N3O2. The third kappa shape index (κ3) is 6.25. The van der Waals surface area contributed by atoms with Gasteiger partial charge in [-0.1, -0.05) is 18.2 Å². The normalized spacial score (nSPS) is 11.0. The number of aromatic nitrogens is 1. The Hall–Kier alpha value is -2.90. The molecule has 0 aliphatic heterocycles. The Morgan fingerprint density at radius 3 is 2.56 bits per heavy atom. The van der Waals surface area contributed by atoms with Crippen LogP contribution in [0.4, 0.5) is 18.9 Å². The largest absolute Gasteiger partial charge is 0.416 e. The Kier molecular flexibility index (Phi) is 6.10. The fourth-order valence-electron chi connectivity index (χ4n) is 2.08. The third-order valence-corrected chi connectivity index (χ3v) is 3.24. The molecule has 2 aromatic rings. The summed E-state index contributed by atoms with van der Waals surface area (Å²) in [7, 11) is 0. The Morgan fingerprint density at radius 1 is 1.08 bits per heavy atom. The number of pyridine rings is 1. The molecule has 8 heteroatoms. The van der Waals surface area contributed by atoms with Gasteiger partial charge in [0.1, 0.15) is 0 Å². The fraction of sp³-hybridized carbons (Fsp3) is 0.235. The standard InChI is InChI=1S/C17H16F3N3O2/c18-17(19,20)13-4-1-3-12(9-13)10-16(25)22-8-6-15(24)23-14-5-2-7-21-11-14/h1-5,7,9,11H,6,8,10H2,(H,22,25)(H,23,24). The van der Waals surface area contributed by atoms with E-state index in [1.165, 1.54) is 18.3 Å². The Bertz CT molecular complexity index is 733. The predicted molar refractivity (Wildman–Crippen MR) is 85.6 cm³/mol. The first-order valence-electron chi connectivity index (χ1n) is 7.47. The average Bonchev–Trinajstić information content (AvgIpc) is 2.55. The van der Waals surface area contributed by atoms with Gasteiger partial charge < -0.3 is 10.6 Å². The van der Waals surface area contributed by atoms with Crippen molar-refractivity contribution >= 4 is 17.5 Å². The van der Waals surface area contributed by atoms with Crippen LogP contribution >= 0.6 is 0 Å². The second kappa shape index (κ2) is 8.27. The SMILES string of the molecule is O=C(Cc1cccc(C(F)(F)F)c1)NCCC(=O)Nc1cccnc1. The number of benzene rings is 1. The maximum Gasteiger partial charge on any atom is 0.416 e. The summed E-state index contributed by atoms with van der Waals surface area (Å²) in [6.07, 6.45) is -1.53. The molecule has 132 valence electrons. The summed E-state index contributed by atoms with van der Waals surface area (Å²) >= 11 is 0. The Labute approximate surface area is 142 Å². The van der Waals surface area contributed by atoms with Gasteiger partial charge in [0.2, 0.25) is 11.8 Å². The molecule has 0 fully saturated rings. The molecule has 2 amide bonds. The molecule has 25 heavy (non-hydrogen) atoms. The topological polar surface area (TPSA) is 71.1 Å². The first-order valence-corrected chi connectivity index (χ1v) is 7.47. The van der Waals surface area contributed by atoms with Crippen molar-refractivity contribution in [3.05, 3.63) is 59.9 Å². The maximum absolute atomic E-state index is 12.6. The molecule has 1 aromatic carbocycles. The number of rotatable bonds is 6. The summed E-state index contributed by atoms with van der Waals surface area (Å²) < 4.78 is 37.9. The van der Waals surface area contributed by atoms with Gasteiger partial charge in [-0.05, 0) is 23.8 Å². The predicted octanol–water partition coefficient (Wildman–Crippen LogP) is 2.79. The van der Waals surface area contributed by atoms with E-state index in [1.807, 2.05) is 0 Å². The van der Waals surface area contributed by atoms with Crippen LogP contribution in [0.15, 0.2) is 48.8 Å². The highest BCUT2D eigenvalue weighted by atomic mass is 19.4. The van der Waals surface area contributed by atoms with Crippen LogP contribution in [0.5, 0.6) is 0 Å². The second-order valence-electron chi connectivity index (χ2n) is 5.26. The van der Waals surface area contributed by atoms with E-state index in [0.717, 1.165) is 12.1 Å². The zero-order valence-electron chi connectivity index (χ0n) is 13.1. The van der Waals surface area contributed by atoms with E-state index in [0.29, 0.717) is 5.69 Å². The number of amides is 2. The van der Waals surface area contributed by atoms with Crippen LogP contribution in [0.2, 0.25) is 0 Å². The number of hydrogen-bond acceptors (Lipinski definition) is 3. The Balaban J connectivity index is 1.76. The Morgan fingerprint density at radius 2 is 1.88 bits per heavy atom. The number of alkyl halides is 3. The molecule has 0 saturated heterocycles. The summed E-state index contributed by atoms with van der Waals surface area (Å²) in [4.78, 5) is 27.3. The molecule has 0 aliphatic carbocycles. The van der Waals surface area contributed by atoms with Crippen molar-refractivity contribution in [1.29, 1.82) is 0 Å². The van der Waals surface area contributed by atoms with Gasteiger partial charge in [-0.2, -0.15) is 13.2 Å². The molecule has 0 radical (unpaired) electrons. The van der Waals surface area contributed by atoms with Gasteiger partial charge in [-0.25, -0.2) is 0 Å². The van der Waals surface area contributed by atoms with Crippen LogP contribution in [-0.2, 0) is 22.2 Å². The molecule has 2 N–H and O–H groups in total. The van der Waals surface area contributed by atoms with Crippen molar-refractivity contribution in [2.45, 2.75) is 19.0 Å². The van der Waals surface area contributed by atoms with Gasteiger partial charge >= 0.3 is 6.18 Å². The number of halogens is 3. The first kappa shape index (κ1) is 18.4. The minimum absolute atomic E-state index is 0.0449. The summed E-state index contributed by atoms with van der Waals surface area (Å²) in [5.74, 6) is -0.749. The molecule has 0 aliphatic rings. The number of hydrogen-bond donors (Lipinski definition) is 2. The summed E-state index contributed by atoms with van der Waals surface area (Å²) in [6, 6.07) is 7.94. The summed E-state index contributed by atoms with van der Waals surface area (Å²) in [5.41, 5.74) is 0.00331. The number of carbonyl (C=O) groups excluding carboxylic acids is 2. The minimum atomic E-state index is -4.45. The number of carbonyl (C=O) groups is 2. The number of anilines is 1. The fourth-order valence-corrected chi connectivity index (χ4v) is 2.08. The van der Waals surface area contributed by atoms with Gasteiger partial charge in [0.25, 0.3) is 0 Å². The average molecular weight is 351 g/mol. The van der Waals surface area contributed by atoms with E-state index >= 15 is 0 Å². The lowest BCUT2D eigenvalue weighted by atomic mass is 10.1. The van der Waals surface area contributed by atoms with E-state index < -0.39 is 17.6 Å². The molecule has 1 heterocycles. The van der Waals surface area contributed by atoms with Gasteiger partial charge in [0, 0.05) is 19.2 Å². The number of nitrogens with zero attached hydrogens (tertiary/aromatic N) is 1. The van der Waals surface area contributed by atoms with Crippen molar-refractivity contribution < 1.29 is 22.8 Å². The van der Waals surface area contributed by atoms with Crippen LogP contribution < -0.4 is 10.6 Å². The van der Waals surface area contributed by atoms with Crippen LogP contribution in [0.1, 0.15) is 17.5 Å². The highest BCUT2D eigenvalue weighted by Crippen LogP contribution is 2.29. The molecule has 0 spiro atoms. The van der Waals surface area contributed by atoms with Crippen molar-refractivity contribution in [2.24, 2.45) is 0 Å². The molecule has 0 saturated carbocycles.